The molecule has 0 unspecified atom stereocenters. The first kappa shape index (κ1) is 14.8. The zero-order valence-corrected chi connectivity index (χ0v) is 11.8. The Morgan fingerprint density at radius 3 is 2.35 bits per heavy atom. The average molecular weight is 274 g/mol. The van der Waals surface area contributed by atoms with Crippen LogP contribution in [0.1, 0.15) is 56.1 Å². The highest BCUT2D eigenvalue weighted by atomic mass is 16.4. The first-order chi connectivity index (χ1) is 9.69. The van der Waals surface area contributed by atoms with Crippen molar-refractivity contribution in [1.82, 2.24) is 0 Å². The van der Waals surface area contributed by atoms with E-state index < -0.39 is 11.4 Å². The SMILES string of the molecule is O=CCCCc1ccc(C2(C(=O)O)CCCCC2)cc1. The molecule has 0 atom stereocenters. The van der Waals surface area contributed by atoms with Gasteiger partial charge in [0, 0.05) is 6.42 Å². The van der Waals surface area contributed by atoms with Gasteiger partial charge < -0.3 is 9.90 Å². The summed E-state index contributed by atoms with van der Waals surface area (Å²) in [6.45, 7) is 0. The number of unbranched alkanes of at least 4 members (excludes halogenated alkanes) is 1. The zero-order valence-electron chi connectivity index (χ0n) is 11.8. The molecule has 0 saturated heterocycles. The van der Waals surface area contributed by atoms with Gasteiger partial charge in [0.05, 0.1) is 5.41 Å². The van der Waals surface area contributed by atoms with Gasteiger partial charge in [0.25, 0.3) is 0 Å². The third-order valence-corrected chi connectivity index (χ3v) is 4.41. The molecular weight excluding hydrogens is 252 g/mol. The summed E-state index contributed by atoms with van der Waals surface area (Å²) in [6, 6.07) is 7.96. The van der Waals surface area contributed by atoms with Crippen LogP contribution in [0.25, 0.3) is 0 Å². The Balaban J connectivity index is 2.14. The molecular formula is C17H22O3. The maximum absolute atomic E-state index is 11.7. The summed E-state index contributed by atoms with van der Waals surface area (Å²) in [5, 5.41) is 9.65. The standard InChI is InChI=1S/C17H22O3/c18-13-5-2-6-14-7-9-15(10-8-14)17(16(19)20)11-3-1-4-12-17/h7-10,13H,1-6,11-12H2,(H,19,20). The lowest BCUT2D eigenvalue weighted by Crippen LogP contribution is -2.37. The van der Waals surface area contributed by atoms with Crippen LogP contribution in [-0.2, 0) is 21.4 Å². The van der Waals surface area contributed by atoms with Gasteiger partial charge in [-0.05, 0) is 36.8 Å². The second-order valence-corrected chi connectivity index (χ2v) is 5.70. The van der Waals surface area contributed by atoms with Crippen molar-refractivity contribution in [3.63, 3.8) is 0 Å². The first-order valence-corrected chi connectivity index (χ1v) is 7.45. The van der Waals surface area contributed by atoms with E-state index in [1.807, 2.05) is 24.3 Å². The molecule has 1 aromatic carbocycles. The Morgan fingerprint density at radius 1 is 1.15 bits per heavy atom. The fourth-order valence-electron chi connectivity index (χ4n) is 3.16. The molecule has 20 heavy (non-hydrogen) atoms. The second kappa shape index (κ2) is 6.69. The summed E-state index contributed by atoms with van der Waals surface area (Å²) in [5.41, 5.74) is 1.43. The van der Waals surface area contributed by atoms with Gasteiger partial charge in [-0.1, -0.05) is 43.5 Å². The lowest BCUT2D eigenvalue weighted by Gasteiger charge is -2.33. The Hall–Kier alpha value is -1.64. The van der Waals surface area contributed by atoms with E-state index in [2.05, 4.69) is 0 Å². The second-order valence-electron chi connectivity index (χ2n) is 5.70. The van der Waals surface area contributed by atoms with Crippen LogP contribution in [-0.4, -0.2) is 17.4 Å². The van der Waals surface area contributed by atoms with Crippen LogP contribution in [0, 0.1) is 0 Å². The first-order valence-electron chi connectivity index (χ1n) is 7.45. The molecule has 3 nitrogen and oxygen atoms in total. The molecule has 1 saturated carbocycles. The number of hydrogen-bond acceptors (Lipinski definition) is 2. The largest absolute Gasteiger partial charge is 0.481 e. The summed E-state index contributed by atoms with van der Waals surface area (Å²) in [7, 11) is 0. The molecule has 1 aromatic rings. The molecule has 1 N–H and O–H groups in total. The molecule has 1 aliphatic carbocycles. The van der Waals surface area contributed by atoms with Crippen molar-refractivity contribution in [3.8, 4) is 0 Å². The molecule has 2 rings (SSSR count). The monoisotopic (exact) mass is 274 g/mol. The fraction of sp³-hybridized carbons (Fsp3) is 0.529. The number of aliphatic carboxylic acids is 1. The normalized spacial score (nSPS) is 17.6. The van der Waals surface area contributed by atoms with Crippen molar-refractivity contribution >= 4 is 12.3 Å². The lowest BCUT2D eigenvalue weighted by molar-refractivity contribution is -0.145. The van der Waals surface area contributed by atoms with Crippen molar-refractivity contribution in [3.05, 3.63) is 35.4 Å². The summed E-state index contributed by atoms with van der Waals surface area (Å²) in [4.78, 5) is 22.0. The minimum Gasteiger partial charge on any atom is -0.481 e. The zero-order chi connectivity index (χ0) is 14.4. The van der Waals surface area contributed by atoms with E-state index in [-0.39, 0.29) is 0 Å². The minimum absolute atomic E-state index is 0.584. The van der Waals surface area contributed by atoms with Crippen molar-refractivity contribution < 1.29 is 14.7 Å². The summed E-state index contributed by atoms with van der Waals surface area (Å²) < 4.78 is 0. The van der Waals surface area contributed by atoms with Gasteiger partial charge in [0.15, 0.2) is 0 Å². The van der Waals surface area contributed by atoms with Gasteiger partial charge >= 0.3 is 5.97 Å². The summed E-state index contributed by atoms with van der Waals surface area (Å²) >= 11 is 0. The van der Waals surface area contributed by atoms with Crippen LogP contribution >= 0.6 is 0 Å². The Kier molecular flexibility index (Phi) is 4.94. The van der Waals surface area contributed by atoms with Crippen molar-refractivity contribution in [2.24, 2.45) is 0 Å². The molecule has 108 valence electrons. The number of rotatable bonds is 6. The molecule has 0 radical (unpaired) electrons. The van der Waals surface area contributed by atoms with Gasteiger partial charge in [-0.2, -0.15) is 0 Å². The number of carbonyl (C=O) groups excluding carboxylic acids is 1. The molecule has 0 bridgehead atoms. The predicted octanol–water partition coefficient (Wildman–Crippen LogP) is 3.49. The molecule has 0 spiro atoms. The molecule has 0 amide bonds. The number of hydrogen-bond donors (Lipinski definition) is 1. The van der Waals surface area contributed by atoms with Crippen molar-refractivity contribution in [2.75, 3.05) is 0 Å². The maximum Gasteiger partial charge on any atom is 0.314 e. The van der Waals surface area contributed by atoms with Crippen LogP contribution in [0.3, 0.4) is 0 Å². The van der Waals surface area contributed by atoms with Gasteiger partial charge in [-0.25, -0.2) is 0 Å². The molecule has 0 heterocycles. The van der Waals surface area contributed by atoms with E-state index in [1.165, 1.54) is 5.56 Å². The summed E-state index contributed by atoms with van der Waals surface area (Å²) in [6.07, 6.45) is 7.86. The van der Waals surface area contributed by atoms with Crippen molar-refractivity contribution in [1.29, 1.82) is 0 Å². The van der Waals surface area contributed by atoms with Crippen molar-refractivity contribution in [2.45, 2.75) is 56.8 Å². The number of carbonyl (C=O) groups is 2. The average Bonchev–Trinajstić information content (AvgIpc) is 2.49. The number of carboxylic acids is 1. The van der Waals surface area contributed by atoms with Gasteiger partial charge in [0.2, 0.25) is 0 Å². The lowest BCUT2D eigenvalue weighted by atomic mass is 9.69. The van der Waals surface area contributed by atoms with Crippen LogP contribution in [0.2, 0.25) is 0 Å². The van der Waals surface area contributed by atoms with E-state index in [4.69, 9.17) is 0 Å². The Labute approximate surface area is 120 Å². The molecule has 0 aromatic heterocycles. The molecule has 3 heteroatoms. The Bertz CT molecular complexity index is 456. The maximum atomic E-state index is 11.7. The van der Waals surface area contributed by atoms with Crippen LogP contribution in [0.4, 0.5) is 0 Å². The Morgan fingerprint density at radius 2 is 1.80 bits per heavy atom. The topological polar surface area (TPSA) is 54.4 Å². The molecule has 1 fully saturated rings. The van der Waals surface area contributed by atoms with E-state index in [0.717, 1.165) is 56.8 Å². The van der Waals surface area contributed by atoms with Gasteiger partial charge in [-0.15, -0.1) is 0 Å². The fourth-order valence-corrected chi connectivity index (χ4v) is 3.16. The van der Waals surface area contributed by atoms with E-state index in [1.54, 1.807) is 0 Å². The predicted molar refractivity (Wildman–Crippen MR) is 77.8 cm³/mol. The highest BCUT2D eigenvalue weighted by molar-refractivity contribution is 5.81. The smallest absolute Gasteiger partial charge is 0.314 e. The number of aryl methyl sites for hydroxylation is 1. The van der Waals surface area contributed by atoms with E-state index >= 15 is 0 Å². The third-order valence-electron chi connectivity index (χ3n) is 4.41. The number of aldehydes is 1. The summed E-state index contributed by atoms with van der Waals surface area (Å²) in [5.74, 6) is -0.689. The number of carboxylic acid groups (broad SMARTS) is 1. The highest BCUT2D eigenvalue weighted by Crippen LogP contribution is 2.39. The van der Waals surface area contributed by atoms with E-state index in [9.17, 15) is 14.7 Å². The van der Waals surface area contributed by atoms with Gasteiger partial charge in [-0.3, -0.25) is 4.79 Å². The van der Waals surface area contributed by atoms with Crippen LogP contribution in [0.15, 0.2) is 24.3 Å². The molecule has 0 aliphatic heterocycles. The third kappa shape index (κ3) is 3.09. The highest BCUT2D eigenvalue weighted by Gasteiger charge is 2.41. The van der Waals surface area contributed by atoms with Crippen LogP contribution < -0.4 is 0 Å². The van der Waals surface area contributed by atoms with Crippen LogP contribution in [0.5, 0.6) is 0 Å². The number of benzene rings is 1. The van der Waals surface area contributed by atoms with E-state index in [0.29, 0.717) is 6.42 Å². The van der Waals surface area contributed by atoms with Gasteiger partial charge in [0.1, 0.15) is 6.29 Å². The molecule has 1 aliphatic rings. The quantitative estimate of drug-likeness (QED) is 0.638. The minimum atomic E-state index is -0.689.